The number of rotatable bonds is 7. The van der Waals surface area contributed by atoms with Crippen molar-refractivity contribution in [2.24, 2.45) is 0 Å². The number of aryl methyl sites for hydroxylation is 2. The van der Waals surface area contributed by atoms with Crippen LogP contribution in [0.5, 0.6) is 5.75 Å². The van der Waals surface area contributed by atoms with Crippen LogP contribution in [-0.4, -0.2) is 20.7 Å². The molecule has 31 heavy (non-hydrogen) atoms. The lowest BCUT2D eigenvalue weighted by atomic mass is 10.1. The number of hydrogen-bond donors (Lipinski definition) is 0. The molecule has 0 spiro atoms. The number of ether oxygens (including phenoxy) is 1. The summed E-state index contributed by atoms with van der Waals surface area (Å²) in [5.74, 6) is 1.80. The molecule has 4 aromatic rings. The molecule has 160 valence electrons. The molecule has 0 saturated heterocycles. The minimum Gasteiger partial charge on any atom is -0.489 e. The lowest BCUT2D eigenvalue weighted by molar-refractivity contribution is -0.107. The van der Waals surface area contributed by atoms with E-state index in [0.29, 0.717) is 13.0 Å². The van der Waals surface area contributed by atoms with Crippen molar-refractivity contribution in [2.45, 2.75) is 46.6 Å². The Morgan fingerprint density at radius 2 is 1.87 bits per heavy atom. The van der Waals surface area contributed by atoms with Crippen LogP contribution < -0.4 is 4.74 Å². The van der Waals surface area contributed by atoms with Crippen LogP contribution in [0, 0.1) is 6.92 Å². The van der Waals surface area contributed by atoms with Gasteiger partial charge < -0.3 is 13.9 Å². The van der Waals surface area contributed by atoms with Crippen LogP contribution in [0.2, 0.25) is 0 Å². The number of benzene rings is 2. The average Bonchev–Trinajstić information content (AvgIpc) is 3.16. The summed E-state index contributed by atoms with van der Waals surface area (Å²) >= 11 is 0. The molecule has 2 aromatic carbocycles. The monoisotopic (exact) mass is 415 g/mol. The SMILES string of the molecule is CCCC=O.CCc1nccn2c(C)nc(-c3cccc(OCc4ccccc4)c3)c12. The van der Waals surface area contributed by atoms with E-state index >= 15 is 0 Å². The minimum atomic E-state index is 0.551. The maximum Gasteiger partial charge on any atom is 0.120 e. The van der Waals surface area contributed by atoms with Gasteiger partial charge in [0, 0.05) is 24.4 Å². The number of nitrogens with zero attached hydrogens (tertiary/aromatic N) is 3. The van der Waals surface area contributed by atoms with Crippen molar-refractivity contribution in [1.29, 1.82) is 0 Å². The summed E-state index contributed by atoms with van der Waals surface area (Å²) < 4.78 is 8.09. The fourth-order valence-corrected chi connectivity index (χ4v) is 3.31. The quantitative estimate of drug-likeness (QED) is 0.356. The van der Waals surface area contributed by atoms with Crippen LogP contribution >= 0.6 is 0 Å². The van der Waals surface area contributed by atoms with E-state index in [9.17, 15) is 4.79 Å². The summed E-state index contributed by atoms with van der Waals surface area (Å²) in [7, 11) is 0. The molecule has 5 nitrogen and oxygen atoms in total. The highest BCUT2D eigenvalue weighted by molar-refractivity contribution is 5.80. The van der Waals surface area contributed by atoms with Crippen LogP contribution in [0.1, 0.15) is 43.8 Å². The van der Waals surface area contributed by atoms with Crippen molar-refractivity contribution in [2.75, 3.05) is 0 Å². The van der Waals surface area contributed by atoms with E-state index in [1.807, 2.05) is 56.6 Å². The van der Waals surface area contributed by atoms with E-state index in [4.69, 9.17) is 9.72 Å². The molecule has 2 heterocycles. The largest absolute Gasteiger partial charge is 0.489 e. The molecular weight excluding hydrogens is 386 g/mol. The Balaban J connectivity index is 0.000000491. The third kappa shape index (κ3) is 5.57. The highest BCUT2D eigenvalue weighted by Crippen LogP contribution is 2.29. The first-order valence-corrected chi connectivity index (χ1v) is 10.7. The third-order valence-electron chi connectivity index (χ3n) is 4.90. The fraction of sp³-hybridized carbons (Fsp3) is 0.269. The number of aromatic nitrogens is 3. The number of carbonyl (C=O) groups is 1. The van der Waals surface area contributed by atoms with Crippen molar-refractivity contribution in [3.63, 3.8) is 0 Å². The second kappa shape index (κ2) is 11.1. The van der Waals surface area contributed by atoms with Crippen LogP contribution in [0.3, 0.4) is 0 Å². The Kier molecular flexibility index (Phi) is 7.93. The van der Waals surface area contributed by atoms with Gasteiger partial charge in [0.1, 0.15) is 24.5 Å². The van der Waals surface area contributed by atoms with Crippen LogP contribution in [-0.2, 0) is 17.8 Å². The first-order chi connectivity index (χ1) is 15.2. The van der Waals surface area contributed by atoms with E-state index in [0.717, 1.165) is 58.7 Å². The Bertz CT molecular complexity index is 1120. The lowest BCUT2D eigenvalue weighted by Gasteiger charge is -2.08. The first-order valence-electron chi connectivity index (χ1n) is 10.7. The van der Waals surface area contributed by atoms with Crippen LogP contribution in [0.4, 0.5) is 0 Å². The third-order valence-corrected chi connectivity index (χ3v) is 4.90. The molecule has 0 unspecified atom stereocenters. The average molecular weight is 416 g/mol. The zero-order chi connectivity index (χ0) is 22.1. The summed E-state index contributed by atoms with van der Waals surface area (Å²) in [4.78, 5) is 18.7. The Hall–Kier alpha value is -3.47. The molecule has 0 bridgehead atoms. The summed E-state index contributed by atoms with van der Waals surface area (Å²) in [5.41, 5.74) is 5.28. The smallest absolute Gasteiger partial charge is 0.120 e. The predicted octanol–water partition coefficient (Wildman–Crippen LogP) is 5.83. The summed E-state index contributed by atoms with van der Waals surface area (Å²) in [6.45, 7) is 6.67. The second-order valence-corrected chi connectivity index (χ2v) is 7.21. The van der Waals surface area contributed by atoms with Gasteiger partial charge in [-0.3, -0.25) is 4.98 Å². The number of aldehydes is 1. The standard InChI is InChI=1S/C22H21N3O.C4H8O/c1-3-20-22-21(24-16(2)25(22)13-12-23-20)18-10-7-11-19(14-18)26-15-17-8-5-4-6-9-17;1-2-3-4-5/h4-14H,3,15H2,1-2H3;4H,2-3H2,1H3. The molecule has 0 atom stereocenters. The maximum absolute atomic E-state index is 9.40. The summed E-state index contributed by atoms with van der Waals surface area (Å²) in [6, 6.07) is 18.3. The summed E-state index contributed by atoms with van der Waals surface area (Å²) in [5, 5.41) is 0. The molecule has 4 rings (SSSR count). The van der Waals surface area contributed by atoms with Gasteiger partial charge in [-0.15, -0.1) is 0 Å². The molecule has 5 heteroatoms. The van der Waals surface area contributed by atoms with Crippen molar-refractivity contribution in [3.8, 4) is 17.0 Å². The first kappa shape index (κ1) is 22.2. The minimum absolute atomic E-state index is 0.551. The molecule has 2 aromatic heterocycles. The van der Waals surface area contributed by atoms with Gasteiger partial charge in [-0.25, -0.2) is 4.98 Å². The van der Waals surface area contributed by atoms with E-state index in [1.165, 1.54) is 0 Å². The van der Waals surface area contributed by atoms with E-state index in [2.05, 4.69) is 40.6 Å². The lowest BCUT2D eigenvalue weighted by Crippen LogP contribution is -1.96. The fourth-order valence-electron chi connectivity index (χ4n) is 3.31. The van der Waals surface area contributed by atoms with Gasteiger partial charge in [-0.1, -0.05) is 56.3 Å². The van der Waals surface area contributed by atoms with Gasteiger partial charge in [0.15, 0.2) is 0 Å². The molecule has 0 aliphatic heterocycles. The molecule has 0 aliphatic carbocycles. The maximum atomic E-state index is 9.40. The zero-order valence-corrected chi connectivity index (χ0v) is 18.4. The van der Waals surface area contributed by atoms with Crippen LogP contribution in [0.25, 0.3) is 16.8 Å². The molecule has 0 fully saturated rings. The van der Waals surface area contributed by atoms with E-state index in [-0.39, 0.29) is 0 Å². The van der Waals surface area contributed by atoms with Gasteiger partial charge in [0.05, 0.1) is 16.9 Å². The topological polar surface area (TPSA) is 56.5 Å². The highest BCUT2D eigenvalue weighted by atomic mass is 16.5. The molecule has 0 N–H and O–H groups in total. The number of fused-ring (bicyclic) bond motifs is 1. The van der Waals surface area contributed by atoms with E-state index < -0.39 is 0 Å². The molecule has 0 radical (unpaired) electrons. The normalized spacial score (nSPS) is 10.4. The summed E-state index contributed by atoms with van der Waals surface area (Å²) in [6.07, 6.45) is 7.29. The highest BCUT2D eigenvalue weighted by Gasteiger charge is 2.14. The van der Waals surface area contributed by atoms with Gasteiger partial charge in [0.25, 0.3) is 0 Å². The number of hydrogen-bond acceptors (Lipinski definition) is 4. The molecule has 0 saturated carbocycles. The second-order valence-electron chi connectivity index (χ2n) is 7.21. The number of imidazole rings is 1. The number of carbonyl (C=O) groups excluding carboxylic acids is 1. The molecular formula is C26H29N3O2. The van der Waals surface area contributed by atoms with Crippen molar-refractivity contribution < 1.29 is 9.53 Å². The van der Waals surface area contributed by atoms with Gasteiger partial charge in [0.2, 0.25) is 0 Å². The van der Waals surface area contributed by atoms with Crippen molar-refractivity contribution in [3.05, 3.63) is 84.1 Å². The van der Waals surface area contributed by atoms with E-state index in [1.54, 1.807) is 0 Å². The van der Waals surface area contributed by atoms with Crippen LogP contribution in [0.15, 0.2) is 67.0 Å². The molecule has 0 amide bonds. The predicted molar refractivity (Wildman–Crippen MR) is 124 cm³/mol. The Labute approximate surface area is 183 Å². The van der Waals surface area contributed by atoms with Gasteiger partial charge >= 0.3 is 0 Å². The van der Waals surface area contributed by atoms with Gasteiger partial charge in [-0.05, 0) is 37.5 Å². The Morgan fingerprint density at radius 3 is 2.55 bits per heavy atom. The van der Waals surface area contributed by atoms with Gasteiger partial charge in [-0.2, -0.15) is 0 Å². The van der Waals surface area contributed by atoms with Crippen molar-refractivity contribution >= 4 is 11.8 Å². The zero-order valence-electron chi connectivity index (χ0n) is 18.4. The Morgan fingerprint density at radius 1 is 1.06 bits per heavy atom. The van der Waals surface area contributed by atoms with Crippen molar-refractivity contribution in [1.82, 2.24) is 14.4 Å². The number of unbranched alkanes of at least 4 members (excludes halogenated alkanes) is 1. The molecule has 0 aliphatic rings.